The molecule has 1 heteroatoms. The Kier molecular flexibility index (Phi) is 4.14. The first-order chi connectivity index (χ1) is 4.59. The molecule has 0 aliphatic rings. The van der Waals surface area contributed by atoms with Gasteiger partial charge >= 0.3 is 0 Å². The van der Waals surface area contributed by atoms with E-state index >= 15 is 0 Å². The first kappa shape index (κ1) is 9.52. The highest BCUT2D eigenvalue weighted by atomic mass is 15.1. The van der Waals surface area contributed by atoms with Crippen LogP contribution in [0.4, 0.5) is 0 Å². The molecule has 1 atom stereocenters. The maximum absolute atomic E-state index is 5.18. The van der Waals surface area contributed by atoms with Crippen LogP contribution in [0.1, 0.15) is 20.8 Å². The van der Waals surface area contributed by atoms with Gasteiger partial charge in [0, 0.05) is 6.04 Å². The number of terminal acetylenes is 1. The molecule has 0 N–H and O–H groups in total. The number of hydrogen-bond donors (Lipinski definition) is 0. The third-order valence-corrected chi connectivity index (χ3v) is 2.00. The van der Waals surface area contributed by atoms with Gasteiger partial charge in [-0.15, -0.1) is 6.42 Å². The summed E-state index contributed by atoms with van der Waals surface area (Å²) in [4.78, 5) is 2.19. The lowest BCUT2D eigenvalue weighted by atomic mass is 10.1. The first-order valence-electron chi connectivity index (χ1n) is 3.73. The van der Waals surface area contributed by atoms with Crippen LogP contribution in [0.15, 0.2) is 0 Å². The molecular formula is C9H17N. The fraction of sp³-hybridized carbons (Fsp3) is 0.778. The molecule has 58 valence electrons. The van der Waals surface area contributed by atoms with E-state index < -0.39 is 0 Å². The molecule has 0 saturated heterocycles. The molecule has 0 aliphatic heterocycles. The van der Waals surface area contributed by atoms with Crippen molar-refractivity contribution in [1.82, 2.24) is 4.90 Å². The summed E-state index contributed by atoms with van der Waals surface area (Å²) < 4.78 is 0. The van der Waals surface area contributed by atoms with Gasteiger partial charge in [-0.25, -0.2) is 0 Å². The fourth-order valence-electron chi connectivity index (χ4n) is 0.797. The fourth-order valence-corrected chi connectivity index (χ4v) is 0.797. The van der Waals surface area contributed by atoms with Crippen LogP contribution in [-0.4, -0.2) is 24.5 Å². The average molecular weight is 139 g/mol. The Morgan fingerprint density at radius 1 is 1.40 bits per heavy atom. The van der Waals surface area contributed by atoms with E-state index in [1.807, 2.05) is 0 Å². The summed E-state index contributed by atoms with van der Waals surface area (Å²) in [5.74, 6) is 3.31. The summed E-state index contributed by atoms with van der Waals surface area (Å²) in [6.07, 6.45) is 5.18. The van der Waals surface area contributed by atoms with E-state index in [2.05, 4.69) is 38.6 Å². The second-order valence-corrected chi connectivity index (χ2v) is 3.10. The molecule has 0 heterocycles. The van der Waals surface area contributed by atoms with Crippen LogP contribution in [0.3, 0.4) is 0 Å². The second kappa shape index (κ2) is 4.35. The Hall–Kier alpha value is -0.480. The number of hydrogen-bond acceptors (Lipinski definition) is 1. The lowest BCUT2D eigenvalue weighted by Crippen LogP contribution is -2.33. The van der Waals surface area contributed by atoms with Crippen molar-refractivity contribution in [3.05, 3.63) is 0 Å². The average Bonchev–Trinajstić information content (AvgIpc) is 1.87. The molecule has 0 radical (unpaired) electrons. The summed E-state index contributed by atoms with van der Waals surface area (Å²) in [5, 5.41) is 0. The predicted molar refractivity (Wildman–Crippen MR) is 45.8 cm³/mol. The highest BCUT2D eigenvalue weighted by Gasteiger charge is 2.10. The number of nitrogens with zero attached hydrogens (tertiary/aromatic N) is 1. The monoisotopic (exact) mass is 139 g/mol. The van der Waals surface area contributed by atoms with E-state index in [0.717, 1.165) is 6.54 Å². The molecule has 0 amide bonds. The topological polar surface area (TPSA) is 3.24 Å². The molecule has 1 unspecified atom stereocenters. The van der Waals surface area contributed by atoms with Gasteiger partial charge in [0.05, 0.1) is 6.54 Å². The van der Waals surface area contributed by atoms with E-state index in [0.29, 0.717) is 12.0 Å². The van der Waals surface area contributed by atoms with Gasteiger partial charge in [-0.05, 0) is 19.9 Å². The van der Waals surface area contributed by atoms with Crippen molar-refractivity contribution in [2.45, 2.75) is 26.8 Å². The van der Waals surface area contributed by atoms with E-state index in [1.165, 1.54) is 0 Å². The van der Waals surface area contributed by atoms with Crippen molar-refractivity contribution in [3.63, 3.8) is 0 Å². The quantitative estimate of drug-likeness (QED) is 0.537. The van der Waals surface area contributed by atoms with Gasteiger partial charge in [-0.1, -0.05) is 19.8 Å². The van der Waals surface area contributed by atoms with Gasteiger partial charge in [0.25, 0.3) is 0 Å². The molecule has 0 aromatic rings. The summed E-state index contributed by atoms with van der Waals surface area (Å²) in [6.45, 7) is 7.36. The summed E-state index contributed by atoms with van der Waals surface area (Å²) in [5.41, 5.74) is 0. The Morgan fingerprint density at radius 3 is 2.20 bits per heavy atom. The normalized spacial score (nSPS) is 13.7. The van der Waals surface area contributed by atoms with Gasteiger partial charge in [0.1, 0.15) is 0 Å². The van der Waals surface area contributed by atoms with Crippen LogP contribution < -0.4 is 0 Å². The minimum Gasteiger partial charge on any atom is -0.292 e. The Balaban J connectivity index is 3.72. The van der Waals surface area contributed by atoms with Crippen LogP contribution in [-0.2, 0) is 0 Å². The van der Waals surface area contributed by atoms with E-state index in [9.17, 15) is 0 Å². The molecule has 0 bridgehead atoms. The molecular weight excluding hydrogens is 122 g/mol. The van der Waals surface area contributed by atoms with Crippen LogP contribution >= 0.6 is 0 Å². The smallest absolute Gasteiger partial charge is 0.0598 e. The van der Waals surface area contributed by atoms with Gasteiger partial charge < -0.3 is 0 Å². The van der Waals surface area contributed by atoms with Gasteiger partial charge in [-0.3, -0.25) is 4.90 Å². The molecule has 0 aliphatic carbocycles. The van der Waals surface area contributed by atoms with Crippen molar-refractivity contribution < 1.29 is 0 Å². The van der Waals surface area contributed by atoms with Crippen LogP contribution in [0.25, 0.3) is 0 Å². The summed E-state index contributed by atoms with van der Waals surface area (Å²) >= 11 is 0. The highest BCUT2D eigenvalue weighted by Crippen LogP contribution is 2.06. The maximum Gasteiger partial charge on any atom is 0.0598 e. The van der Waals surface area contributed by atoms with Crippen molar-refractivity contribution in [2.24, 2.45) is 5.92 Å². The SMILES string of the molecule is C#CCN(C)C(C)C(C)C. The van der Waals surface area contributed by atoms with E-state index in [1.54, 1.807) is 0 Å². The van der Waals surface area contributed by atoms with Gasteiger partial charge in [0.2, 0.25) is 0 Å². The van der Waals surface area contributed by atoms with Crippen molar-refractivity contribution in [3.8, 4) is 12.3 Å². The summed E-state index contributed by atoms with van der Waals surface area (Å²) in [7, 11) is 2.06. The Bertz CT molecular complexity index is 121. The maximum atomic E-state index is 5.18. The van der Waals surface area contributed by atoms with Crippen molar-refractivity contribution in [1.29, 1.82) is 0 Å². The molecule has 0 aromatic carbocycles. The molecule has 1 nitrogen and oxygen atoms in total. The molecule has 0 fully saturated rings. The molecule has 0 rings (SSSR count). The Labute approximate surface area is 64.4 Å². The van der Waals surface area contributed by atoms with E-state index in [4.69, 9.17) is 6.42 Å². The van der Waals surface area contributed by atoms with E-state index in [-0.39, 0.29) is 0 Å². The Morgan fingerprint density at radius 2 is 1.90 bits per heavy atom. The molecule has 0 aromatic heterocycles. The largest absolute Gasteiger partial charge is 0.292 e. The lowest BCUT2D eigenvalue weighted by Gasteiger charge is -2.25. The van der Waals surface area contributed by atoms with Crippen molar-refractivity contribution in [2.75, 3.05) is 13.6 Å². The molecule has 0 spiro atoms. The lowest BCUT2D eigenvalue weighted by molar-refractivity contribution is 0.231. The highest BCUT2D eigenvalue weighted by molar-refractivity contribution is 4.88. The minimum atomic E-state index is 0.580. The number of rotatable bonds is 3. The molecule has 0 saturated carbocycles. The zero-order valence-electron chi connectivity index (χ0n) is 7.39. The second-order valence-electron chi connectivity index (χ2n) is 3.10. The first-order valence-corrected chi connectivity index (χ1v) is 3.73. The van der Waals surface area contributed by atoms with Gasteiger partial charge in [-0.2, -0.15) is 0 Å². The van der Waals surface area contributed by atoms with Crippen LogP contribution in [0, 0.1) is 18.3 Å². The predicted octanol–water partition coefficient (Wildman–Crippen LogP) is 1.60. The third kappa shape index (κ3) is 2.89. The van der Waals surface area contributed by atoms with Gasteiger partial charge in [0.15, 0.2) is 0 Å². The zero-order chi connectivity index (χ0) is 8.15. The third-order valence-electron chi connectivity index (χ3n) is 2.00. The zero-order valence-corrected chi connectivity index (χ0v) is 7.39. The minimum absolute atomic E-state index is 0.580. The van der Waals surface area contributed by atoms with Crippen LogP contribution in [0.2, 0.25) is 0 Å². The molecule has 10 heavy (non-hydrogen) atoms. The summed E-state index contributed by atoms with van der Waals surface area (Å²) in [6, 6.07) is 0.580. The van der Waals surface area contributed by atoms with Crippen molar-refractivity contribution >= 4 is 0 Å². The standard InChI is InChI=1S/C9H17N/c1-6-7-10(5)9(4)8(2)3/h1,8-9H,7H2,2-5H3. The van der Waals surface area contributed by atoms with Crippen LogP contribution in [0.5, 0.6) is 0 Å².